The Morgan fingerprint density at radius 2 is 1.79 bits per heavy atom. The Morgan fingerprint density at radius 1 is 1.03 bits per heavy atom. The van der Waals surface area contributed by atoms with Gasteiger partial charge in [-0.15, -0.1) is 0 Å². The zero-order valence-electron chi connectivity index (χ0n) is 17.3. The van der Waals surface area contributed by atoms with Crippen LogP contribution in [0.3, 0.4) is 0 Å². The third-order valence-electron chi connectivity index (χ3n) is 5.87. The number of rotatable bonds is 5. The number of nitrogens with zero attached hydrogens (tertiary/aromatic N) is 2. The maximum Gasteiger partial charge on any atom is 0.324 e. The van der Waals surface area contributed by atoms with Gasteiger partial charge in [-0.2, -0.15) is 0 Å². The van der Waals surface area contributed by atoms with Crippen LogP contribution in [-0.2, 0) is 11.3 Å². The highest BCUT2D eigenvalue weighted by Gasteiger charge is 2.28. The molecule has 29 heavy (non-hydrogen) atoms. The first-order chi connectivity index (χ1) is 14.0. The largest absolute Gasteiger partial charge is 0.326 e. The van der Waals surface area contributed by atoms with Crippen molar-refractivity contribution in [3.05, 3.63) is 59.2 Å². The van der Waals surface area contributed by atoms with Gasteiger partial charge in [-0.3, -0.25) is 9.69 Å². The van der Waals surface area contributed by atoms with Crippen molar-refractivity contribution in [2.75, 3.05) is 23.3 Å². The van der Waals surface area contributed by atoms with Gasteiger partial charge in [-0.05, 0) is 56.9 Å². The summed E-state index contributed by atoms with van der Waals surface area (Å²) in [5.41, 5.74) is 5.21. The van der Waals surface area contributed by atoms with E-state index < -0.39 is 0 Å². The topological polar surface area (TPSA) is 52.6 Å². The molecule has 1 heterocycles. The first-order valence-electron chi connectivity index (χ1n) is 10.5. The van der Waals surface area contributed by atoms with Crippen LogP contribution >= 0.6 is 0 Å². The van der Waals surface area contributed by atoms with Gasteiger partial charge in [-0.25, -0.2) is 4.79 Å². The molecule has 2 aliphatic rings. The zero-order valence-corrected chi connectivity index (χ0v) is 17.3. The number of amides is 3. The van der Waals surface area contributed by atoms with Crippen LogP contribution in [0.25, 0.3) is 0 Å². The van der Waals surface area contributed by atoms with E-state index in [1.165, 1.54) is 16.7 Å². The number of hydrogen-bond acceptors (Lipinski definition) is 2. The van der Waals surface area contributed by atoms with E-state index in [0.29, 0.717) is 13.1 Å². The van der Waals surface area contributed by atoms with Gasteiger partial charge in [0.15, 0.2) is 0 Å². The van der Waals surface area contributed by atoms with Crippen LogP contribution in [0.4, 0.5) is 16.2 Å². The molecule has 2 aromatic rings. The molecular formula is C24H29N3O2. The zero-order chi connectivity index (χ0) is 20.4. The van der Waals surface area contributed by atoms with Crippen LogP contribution in [-0.4, -0.2) is 29.9 Å². The van der Waals surface area contributed by atoms with Crippen molar-refractivity contribution in [1.29, 1.82) is 0 Å². The summed E-state index contributed by atoms with van der Waals surface area (Å²) in [6, 6.07) is 14.1. The van der Waals surface area contributed by atoms with Crippen LogP contribution in [0.5, 0.6) is 0 Å². The van der Waals surface area contributed by atoms with E-state index in [4.69, 9.17) is 0 Å². The Labute approximate surface area is 172 Å². The second kappa shape index (κ2) is 8.27. The number of hydrogen-bond donors (Lipinski definition) is 1. The fourth-order valence-electron chi connectivity index (χ4n) is 4.21. The van der Waals surface area contributed by atoms with Crippen molar-refractivity contribution >= 4 is 23.3 Å². The Hall–Kier alpha value is -2.82. The van der Waals surface area contributed by atoms with E-state index >= 15 is 0 Å². The molecule has 1 saturated heterocycles. The fourth-order valence-corrected chi connectivity index (χ4v) is 4.21. The van der Waals surface area contributed by atoms with Crippen molar-refractivity contribution in [2.45, 2.75) is 46.1 Å². The van der Waals surface area contributed by atoms with Gasteiger partial charge in [0.25, 0.3) is 0 Å². The highest BCUT2D eigenvalue weighted by molar-refractivity contribution is 5.96. The Balaban J connectivity index is 1.47. The molecule has 5 heteroatoms. The summed E-state index contributed by atoms with van der Waals surface area (Å²) in [6.07, 6.45) is 4.01. The molecule has 0 atom stereocenters. The molecule has 2 fully saturated rings. The SMILES string of the molecule is Cc1cc(C)cc(CN2CCCN(c3cccc(NC(=O)C4CCC4)c3)C2=O)c1. The minimum absolute atomic E-state index is 0.0258. The molecular weight excluding hydrogens is 362 g/mol. The molecule has 2 aromatic carbocycles. The molecule has 4 rings (SSSR count). The Bertz CT molecular complexity index is 900. The van der Waals surface area contributed by atoms with Gasteiger partial charge in [-0.1, -0.05) is 41.8 Å². The molecule has 0 unspecified atom stereocenters. The minimum Gasteiger partial charge on any atom is -0.326 e. The average Bonchev–Trinajstić information content (AvgIpc) is 2.61. The third kappa shape index (κ3) is 4.44. The van der Waals surface area contributed by atoms with Gasteiger partial charge in [0.05, 0.1) is 0 Å². The summed E-state index contributed by atoms with van der Waals surface area (Å²) < 4.78 is 0. The van der Waals surface area contributed by atoms with Crippen LogP contribution in [0.15, 0.2) is 42.5 Å². The van der Waals surface area contributed by atoms with Crippen molar-refractivity contribution < 1.29 is 9.59 Å². The highest BCUT2D eigenvalue weighted by atomic mass is 16.2. The second-order valence-electron chi connectivity index (χ2n) is 8.37. The van der Waals surface area contributed by atoms with E-state index in [1.54, 1.807) is 0 Å². The number of carbonyl (C=O) groups is 2. The molecule has 0 aromatic heterocycles. The van der Waals surface area contributed by atoms with Gasteiger partial charge in [0.1, 0.15) is 0 Å². The fraction of sp³-hybridized carbons (Fsp3) is 0.417. The molecule has 0 bridgehead atoms. The van der Waals surface area contributed by atoms with E-state index in [0.717, 1.165) is 43.6 Å². The smallest absolute Gasteiger partial charge is 0.324 e. The van der Waals surface area contributed by atoms with E-state index in [2.05, 4.69) is 37.4 Å². The normalized spacial score (nSPS) is 17.2. The predicted molar refractivity (Wildman–Crippen MR) is 116 cm³/mol. The lowest BCUT2D eigenvalue weighted by Crippen LogP contribution is -2.49. The van der Waals surface area contributed by atoms with E-state index in [-0.39, 0.29) is 17.9 Å². The van der Waals surface area contributed by atoms with E-state index in [9.17, 15) is 9.59 Å². The highest BCUT2D eigenvalue weighted by Crippen LogP contribution is 2.29. The van der Waals surface area contributed by atoms with Crippen molar-refractivity contribution in [1.82, 2.24) is 4.90 Å². The quantitative estimate of drug-likeness (QED) is 0.790. The number of benzene rings is 2. The predicted octanol–water partition coefficient (Wildman–Crippen LogP) is 4.87. The lowest BCUT2D eigenvalue weighted by Gasteiger charge is -2.36. The Morgan fingerprint density at radius 3 is 2.48 bits per heavy atom. The molecule has 1 N–H and O–H groups in total. The van der Waals surface area contributed by atoms with Gasteiger partial charge in [0.2, 0.25) is 5.91 Å². The third-order valence-corrected chi connectivity index (χ3v) is 5.87. The summed E-state index contributed by atoms with van der Waals surface area (Å²) in [4.78, 5) is 29.2. The maximum atomic E-state index is 13.2. The maximum absolute atomic E-state index is 13.2. The summed E-state index contributed by atoms with van der Waals surface area (Å²) in [5.74, 6) is 0.235. The number of nitrogens with one attached hydrogen (secondary N) is 1. The van der Waals surface area contributed by atoms with E-state index in [1.807, 2.05) is 34.1 Å². The molecule has 1 aliphatic heterocycles. The molecule has 0 radical (unpaired) electrons. The molecule has 1 aliphatic carbocycles. The summed E-state index contributed by atoms with van der Waals surface area (Å²) in [7, 11) is 0. The minimum atomic E-state index is 0.0258. The van der Waals surface area contributed by atoms with Crippen LogP contribution < -0.4 is 10.2 Å². The van der Waals surface area contributed by atoms with Gasteiger partial charge < -0.3 is 10.2 Å². The number of aryl methyl sites for hydroxylation is 2. The second-order valence-corrected chi connectivity index (χ2v) is 8.37. The van der Waals surface area contributed by atoms with Crippen LogP contribution in [0.1, 0.15) is 42.4 Å². The first-order valence-corrected chi connectivity index (χ1v) is 10.5. The summed E-state index contributed by atoms with van der Waals surface area (Å²) in [6.45, 7) is 6.26. The summed E-state index contributed by atoms with van der Waals surface area (Å²) >= 11 is 0. The molecule has 1 saturated carbocycles. The lowest BCUT2D eigenvalue weighted by molar-refractivity contribution is -0.122. The molecule has 0 spiro atoms. The van der Waals surface area contributed by atoms with Crippen LogP contribution in [0, 0.1) is 19.8 Å². The Kier molecular flexibility index (Phi) is 5.56. The number of anilines is 2. The first kappa shape index (κ1) is 19.5. The molecule has 152 valence electrons. The number of carbonyl (C=O) groups excluding carboxylic acids is 2. The monoisotopic (exact) mass is 391 g/mol. The van der Waals surface area contributed by atoms with Crippen molar-refractivity contribution in [3.8, 4) is 0 Å². The van der Waals surface area contributed by atoms with Crippen LogP contribution in [0.2, 0.25) is 0 Å². The van der Waals surface area contributed by atoms with Gasteiger partial charge in [0, 0.05) is 36.9 Å². The van der Waals surface area contributed by atoms with Gasteiger partial charge >= 0.3 is 6.03 Å². The lowest BCUT2D eigenvalue weighted by atomic mass is 9.85. The standard InChI is InChI=1S/C24H29N3O2/c1-17-12-18(2)14-19(13-17)16-26-10-5-11-27(24(26)29)22-9-4-8-21(15-22)25-23(28)20-6-3-7-20/h4,8-9,12-15,20H,3,5-7,10-11,16H2,1-2H3,(H,25,28). The van der Waals surface area contributed by atoms with Crippen molar-refractivity contribution in [3.63, 3.8) is 0 Å². The average molecular weight is 392 g/mol. The summed E-state index contributed by atoms with van der Waals surface area (Å²) in [5, 5.41) is 3.01. The molecule has 3 amide bonds. The molecule has 5 nitrogen and oxygen atoms in total. The van der Waals surface area contributed by atoms with Crippen molar-refractivity contribution in [2.24, 2.45) is 5.92 Å². The number of urea groups is 1.